The van der Waals surface area contributed by atoms with E-state index in [1.807, 2.05) is 24.3 Å². The molecule has 1 unspecified atom stereocenters. The van der Waals surface area contributed by atoms with E-state index in [9.17, 15) is 9.90 Å². The zero-order chi connectivity index (χ0) is 19.4. The van der Waals surface area contributed by atoms with Crippen molar-refractivity contribution in [1.82, 2.24) is 4.90 Å². The van der Waals surface area contributed by atoms with Crippen LogP contribution >= 0.6 is 23.2 Å². The average molecular weight is 418 g/mol. The van der Waals surface area contributed by atoms with Crippen LogP contribution in [0.4, 0.5) is 0 Å². The van der Waals surface area contributed by atoms with Gasteiger partial charge < -0.3 is 9.84 Å². The van der Waals surface area contributed by atoms with Gasteiger partial charge in [-0.25, -0.2) is 0 Å². The summed E-state index contributed by atoms with van der Waals surface area (Å²) in [7, 11) is 0. The van der Waals surface area contributed by atoms with E-state index in [0.717, 1.165) is 37.2 Å². The fraction of sp³-hybridized carbons (Fsp3) is 0.409. The molecule has 2 aromatic carbocycles. The average Bonchev–Trinajstić information content (AvgIpc) is 3.01. The maximum Gasteiger partial charge on any atom is 0.307 e. The molecule has 146 valence electrons. The van der Waals surface area contributed by atoms with Crippen molar-refractivity contribution in [1.29, 1.82) is 0 Å². The molecule has 4 atom stereocenters. The third-order valence-electron chi connectivity index (χ3n) is 6.55. The molecule has 0 radical (unpaired) electrons. The summed E-state index contributed by atoms with van der Waals surface area (Å²) in [5.41, 5.74) is 3.48. The molecule has 0 amide bonds. The molecule has 4 nitrogen and oxygen atoms in total. The highest BCUT2D eigenvalue weighted by Gasteiger charge is 2.60. The number of carbonyl (C=O) groups is 1. The quantitative estimate of drug-likeness (QED) is 0.757. The molecule has 1 heterocycles. The molecule has 0 bridgehead atoms. The summed E-state index contributed by atoms with van der Waals surface area (Å²) in [6, 6.07) is 12.2. The normalized spacial score (nSPS) is 28.1. The van der Waals surface area contributed by atoms with Crippen molar-refractivity contribution in [2.24, 2.45) is 17.8 Å². The van der Waals surface area contributed by atoms with Gasteiger partial charge in [-0.3, -0.25) is 9.69 Å². The van der Waals surface area contributed by atoms with Crippen LogP contribution in [0.15, 0.2) is 36.4 Å². The van der Waals surface area contributed by atoms with Crippen LogP contribution in [0.2, 0.25) is 10.0 Å². The van der Waals surface area contributed by atoms with E-state index in [4.69, 9.17) is 27.9 Å². The first-order valence-electron chi connectivity index (χ1n) is 9.68. The van der Waals surface area contributed by atoms with Gasteiger partial charge in [0.15, 0.2) is 0 Å². The Bertz CT molecular complexity index is 915. The van der Waals surface area contributed by atoms with Gasteiger partial charge in [0, 0.05) is 34.7 Å². The number of carboxylic acid groups (broad SMARTS) is 1. The molecule has 1 saturated heterocycles. The third-order valence-corrected chi connectivity index (χ3v) is 7.26. The Morgan fingerprint density at radius 3 is 2.54 bits per heavy atom. The fourth-order valence-electron chi connectivity index (χ4n) is 5.05. The van der Waals surface area contributed by atoms with Gasteiger partial charge in [0.25, 0.3) is 0 Å². The minimum Gasteiger partial charge on any atom is -0.489 e. The van der Waals surface area contributed by atoms with E-state index in [1.165, 1.54) is 11.1 Å². The van der Waals surface area contributed by atoms with E-state index in [0.29, 0.717) is 34.5 Å². The Balaban J connectivity index is 1.26. The van der Waals surface area contributed by atoms with Gasteiger partial charge >= 0.3 is 5.97 Å². The van der Waals surface area contributed by atoms with Crippen molar-refractivity contribution in [3.63, 3.8) is 0 Å². The third kappa shape index (κ3) is 3.08. The number of ether oxygens (including phenoxy) is 1. The van der Waals surface area contributed by atoms with Crippen molar-refractivity contribution in [3.8, 4) is 5.75 Å². The lowest BCUT2D eigenvalue weighted by atomic mass is 10.1. The van der Waals surface area contributed by atoms with E-state index in [-0.39, 0.29) is 5.92 Å². The highest BCUT2D eigenvalue weighted by Crippen LogP contribution is 2.54. The zero-order valence-corrected chi connectivity index (χ0v) is 16.8. The molecule has 2 aromatic rings. The summed E-state index contributed by atoms with van der Waals surface area (Å²) in [5.74, 6) is 0.797. The molecule has 5 rings (SSSR count). The number of carboxylic acids is 1. The SMILES string of the molecule is O=C(O)[C@@H]1[C@@H]2CN(C3CCc4cc(OCc5c(Cl)cccc5Cl)ccc43)C[C@@H]21. The number of aryl methyl sites for hydroxylation is 1. The summed E-state index contributed by atoms with van der Waals surface area (Å²) >= 11 is 12.4. The van der Waals surface area contributed by atoms with E-state index in [2.05, 4.69) is 17.0 Å². The zero-order valence-electron chi connectivity index (χ0n) is 15.3. The summed E-state index contributed by atoms with van der Waals surface area (Å²) in [6.45, 7) is 2.16. The highest BCUT2D eigenvalue weighted by atomic mass is 35.5. The molecule has 3 aliphatic rings. The highest BCUT2D eigenvalue weighted by molar-refractivity contribution is 6.35. The number of rotatable bonds is 5. The number of halogens is 2. The summed E-state index contributed by atoms with van der Waals surface area (Å²) < 4.78 is 5.96. The van der Waals surface area contributed by atoms with Crippen molar-refractivity contribution in [3.05, 3.63) is 63.1 Å². The Morgan fingerprint density at radius 1 is 1.14 bits per heavy atom. The van der Waals surface area contributed by atoms with Crippen LogP contribution in [0.1, 0.15) is 29.2 Å². The Hall–Kier alpha value is -1.75. The second-order valence-electron chi connectivity index (χ2n) is 8.05. The number of hydrogen-bond acceptors (Lipinski definition) is 3. The number of aliphatic carboxylic acids is 1. The number of piperidine rings is 1. The predicted molar refractivity (Wildman–Crippen MR) is 108 cm³/mol. The van der Waals surface area contributed by atoms with Gasteiger partial charge in [-0.15, -0.1) is 0 Å². The lowest BCUT2D eigenvalue weighted by Gasteiger charge is -2.27. The van der Waals surface area contributed by atoms with Crippen molar-refractivity contribution in [2.75, 3.05) is 13.1 Å². The van der Waals surface area contributed by atoms with Gasteiger partial charge in [-0.1, -0.05) is 35.3 Å². The van der Waals surface area contributed by atoms with Crippen molar-refractivity contribution >= 4 is 29.2 Å². The molecular weight excluding hydrogens is 397 g/mol. The Morgan fingerprint density at radius 2 is 1.86 bits per heavy atom. The maximum absolute atomic E-state index is 11.2. The Kier molecular flexibility index (Phi) is 4.53. The van der Waals surface area contributed by atoms with Gasteiger partial charge in [0.05, 0.1) is 5.92 Å². The number of likely N-dealkylation sites (tertiary alicyclic amines) is 1. The smallest absolute Gasteiger partial charge is 0.307 e. The lowest BCUT2D eigenvalue weighted by molar-refractivity contribution is -0.139. The van der Waals surface area contributed by atoms with Crippen LogP contribution in [-0.4, -0.2) is 29.1 Å². The van der Waals surface area contributed by atoms with Gasteiger partial charge in [0.2, 0.25) is 0 Å². The van der Waals surface area contributed by atoms with E-state index < -0.39 is 5.97 Å². The number of nitrogens with zero attached hydrogens (tertiary/aromatic N) is 1. The van der Waals surface area contributed by atoms with Gasteiger partial charge in [0.1, 0.15) is 12.4 Å². The summed E-state index contributed by atoms with van der Waals surface area (Å²) in [4.78, 5) is 13.7. The van der Waals surface area contributed by atoms with Crippen LogP contribution in [-0.2, 0) is 17.8 Å². The van der Waals surface area contributed by atoms with E-state index >= 15 is 0 Å². The first-order valence-corrected chi connectivity index (χ1v) is 10.4. The van der Waals surface area contributed by atoms with Crippen LogP contribution in [0, 0.1) is 17.8 Å². The first-order chi connectivity index (χ1) is 13.5. The summed E-state index contributed by atoms with van der Waals surface area (Å²) in [6.07, 6.45) is 2.12. The predicted octanol–water partition coefficient (Wildman–Crippen LogP) is 4.82. The summed E-state index contributed by atoms with van der Waals surface area (Å²) in [5, 5.41) is 10.4. The molecule has 28 heavy (non-hydrogen) atoms. The maximum atomic E-state index is 11.2. The number of hydrogen-bond donors (Lipinski definition) is 1. The molecule has 0 aromatic heterocycles. The molecule has 1 saturated carbocycles. The second-order valence-corrected chi connectivity index (χ2v) is 8.86. The minimum absolute atomic E-state index is 0.107. The minimum atomic E-state index is -0.623. The van der Waals surface area contributed by atoms with Crippen molar-refractivity contribution in [2.45, 2.75) is 25.5 Å². The van der Waals surface area contributed by atoms with Crippen LogP contribution < -0.4 is 4.74 Å². The second kappa shape index (κ2) is 6.94. The lowest BCUT2D eigenvalue weighted by Crippen LogP contribution is -2.29. The van der Waals surface area contributed by atoms with Crippen molar-refractivity contribution < 1.29 is 14.6 Å². The molecule has 1 aliphatic heterocycles. The topological polar surface area (TPSA) is 49.8 Å². The molecule has 1 N–H and O–H groups in total. The number of fused-ring (bicyclic) bond motifs is 2. The van der Waals surface area contributed by atoms with Crippen LogP contribution in [0.25, 0.3) is 0 Å². The monoisotopic (exact) mass is 417 g/mol. The van der Waals surface area contributed by atoms with Crippen LogP contribution in [0.3, 0.4) is 0 Å². The Labute approximate surface area is 174 Å². The molecule has 6 heteroatoms. The largest absolute Gasteiger partial charge is 0.489 e. The van der Waals surface area contributed by atoms with E-state index in [1.54, 1.807) is 0 Å². The van der Waals surface area contributed by atoms with Crippen LogP contribution in [0.5, 0.6) is 5.75 Å². The number of benzene rings is 2. The molecule has 0 spiro atoms. The molecule has 2 fully saturated rings. The molecular formula is C22H21Cl2NO3. The standard InChI is InChI=1S/C22H21Cl2NO3/c23-18-2-1-3-19(24)17(18)11-28-13-5-6-14-12(8-13)4-7-20(14)25-9-15-16(10-25)21(15)22(26)27/h1-3,5-6,8,15-16,20-21H,4,7,9-11H2,(H,26,27)/t15-,16+,20?,21-. The fourth-order valence-corrected chi connectivity index (χ4v) is 5.55. The van der Waals surface area contributed by atoms with Gasteiger partial charge in [-0.2, -0.15) is 0 Å². The molecule has 2 aliphatic carbocycles. The first kappa shape index (κ1) is 18.3. The van der Waals surface area contributed by atoms with Gasteiger partial charge in [-0.05, 0) is 60.1 Å².